The van der Waals surface area contributed by atoms with Crippen LogP contribution in [0.2, 0.25) is 0 Å². The number of nitrogens with one attached hydrogen (secondary N) is 1. The molecule has 2 aromatic rings. The molecule has 4 N–H and O–H groups in total. The smallest absolute Gasteiger partial charge is 0.354 e. The molecule has 1 aliphatic rings. The van der Waals surface area contributed by atoms with E-state index in [1.807, 2.05) is 0 Å². The zero-order valence-corrected chi connectivity index (χ0v) is 11.0. The lowest BCUT2D eigenvalue weighted by atomic mass is 10.2. The predicted octanol–water partition coefficient (Wildman–Crippen LogP) is 1.88. The van der Waals surface area contributed by atoms with E-state index in [0.29, 0.717) is 36.1 Å². The van der Waals surface area contributed by atoms with Gasteiger partial charge < -0.3 is 25.6 Å². The molecule has 0 amide bonds. The minimum absolute atomic E-state index is 0.0794. The highest BCUT2D eigenvalue weighted by molar-refractivity contribution is 5.87. The van der Waals surface area contributed by atoms with Crippen molar-refractivity contribution in [3.05, 3.63) is 36.0 Å². The third kappa shape index (κ3) is 2.66. The van der Waals surface area contributed by atoms with E-state index in [4.69, 9.17) is 20.3 Å². The van der Waals surface area contributed by atoms with Gasteiger partial charge in [0.2, 0.25) is 0 Å². The lowest BCUT2D eigenvalue weighted by Gasteiger charge is -2.19. The van der Waals surface area contributed by atoms with Gasteiger partial charge in [-0.15, -0.1) is 0 Å². The summed E-state index contributed by atoms with van der Waals surface area (Å²) in [6.07, 6.45) is 0. The van der Waals surface area contributed by atoms with Gasteiger partial charge in [0.15, 0.2) is 23.0 Å². The number of hydrogen-bond acceptors (Lipinski definition) is 6. The standard InChI is InChI=1S/C14H13N3O4/c15-9-2-3-10(14(18)19)17-13(9)16-8-1-4-11-12(7-8)21-6-5-20-11/h1-4,7H,5-6,15H2,(H,16,17)(H,18,19). The maximum Gasteiger partial charge on any atom is 0.354 e. The first-order valence-corrected chi connectivity index (χ1v) is 6.30. The van der Waals surface area contributed by atoms with E-state index in [0.717, 1.165) is 0 Å². The maximum atomic E-state index is 10.9. The third-order valence-electron chi connectivity index (χ3n) is 2.95. The number of anilines is 3. The largest absolute Gasteiger partial charge is 0.486 e. The molecular formula is C14H13N3O4. The fourth-order valence-electron chi connectivity index (χ4n) is 1.95. The molecule has 108 valence electrons. The van der Waals surface area contributed by atoms with Crippen molar-refractivity contribution < 1.29 is 19.4 Å². The minimum atomic E-state index is -1.11. The number of carboxylic acids is 1. The number of ether oxygens (including phenoxy) is 2. The second-order valence-corrected chi connectivity index (χ2v) is 4.42. The summed E-state index contributed by atoms with van der Waals surface area (Å²) in [5.41, 5.74) is 6.76. The lowest BCUT2D eigenvalue weighted by Crippen LogP contribution is -2.15. The van der Waals surface area contributed by atoms with Gasteiger partial charge in [-0.2, -0.15) is 0 Å². The Morgan fingerprint density at radius 2 is 1.95 bits per heavy atom. The number of nitrogen functional groups attached to an aromatic ring is 1. The summed E-state index contributed by atoms with van der Waals surface area (Å²) in [4.78, 5) is 14.9. The average molecular weight is 287 g/mol. The van der Waals surface area contributed by atoms with Crippen LogP contribution in [0.3, 0.4) is 0 Å². The second kappa shape index (κ2) is 5.20. The van der Waals surface area contributed by atoms with Gasteiger partial charge in [0.05, 0.1) is 5.69 Å². The van der Waals surface area contributed by atoms with Crippen molar-refractivity contribution in [3.8, 4) is 11.5 Å². The fraction of sp³-hybridized carbons (Fsp3) is 0.143. The molecule has 0 fully saturated rings. The Labute approximate surface area is 120 Å². The number of benzene rings is 1. The van der Waals surface area contributed by atoms with E-state index < -0.39 is 5.97 Å². The molecule has 21 heavy (non-hydrogen) atoms. The van der Waals surface area contributed by atoms with Gasteiger partial charge >= 0.3 is 5.97 Å². The van der Waals surface area contributed by atoms with Gasteiger partial charge in [0, 0.05) is 11.8 Å². The summed E-state index contributed by atoms with van der Waals surface area (Å²) >= 11 is 0. The van der Waals surface area contributed by atoms with E-state index in [1.165, 1.54) is 12.1 Å². The molecule has 1 aromatic carbocycles. The minimum Gasteiger partial charge on any atom is -0.486 e. The molecule has 0 bridgehead atoms. The van der Waals surface area contributed by atoms with Crippen LogP contribution < -0.4 is 20.5 Å². The van der Waals surface area contributed by atoms with Crippen LogP contribution >= 0.6 is 0 Å². The van der Waals surface area contributed by atoms with Crippen molar-refractivity contribution in [1.82, 2.24) is 4.98 Å². The lowest BCUT2D eigenvalue weighted by molar-refractivity contribution is 0.0690. The summed E-state index contributed by atoms with van der Waals surface area (Å²) in [5, 5.41) is 11.9. The van der Waals surface area contributed by atoms with Crippen molar-refractivity contribution >= 4 is 23.2 Å². The number of fused-ring (bicyclic) bond motifs is 1. The molecule has 7 nitrogen and oxygen atoms in total. The van der Waals surface area contributed by atoms with Gasteiger partial charge in [0.25, 0.3) is 0 Å². The summed E-state index contributed by atoms with van der Waals surface area (Å²) in [6, 6.07) is 8.16. The first-order chi connectivity index (χ1) is 10.1. The van der Waals surface area contributed by atoms with Crippen LogP contribution in [0.15, 0.2) is 30.3 Å². The van der Waals surface area contributed by atoms with Gasteiger partial charge in [-0.05, 0) is 24.3 Å². The fourth-order valence-corrected chi connectivity index (χ4v) is 1.95. The number of hydrogen-bond donors (Lipinski definition) is 3. The summed E-state index contributed by atoms with van der Waals surface area (Å²) < 4.78 is 10.9. The summed E-state index contributed by atoms with van der Waals surface area (Å²) in [5.74, 6) is 0.470. The molecule has 7 heteroatoms. The van der Waals surface area contributed by atoms with Crippen LogP contribution in [0.5, 0.6) is 11.5 Å². The highest BCUT2D eigenvalue weighted by Gasteiger charge is 2.13. The molecular weight excluding hydrogens is 274 g/mol. The zero-order chi connectivity index (χ0) is 14.8. The van der Waals surface area contributed by atoms with Gasteiger partial charge in [0.1, 0.15) is 13.2 Å². The number of pyridine rings is 1. The maximum absolute atomic E-state index is 10.9. The predicted molar refractivity (Wildman–Crippen MR) is 76.3 cm³/mol. The molecule has 1 aromatic heterocycles. The molecule has 0 saturated heterocycles. The Hall–Kier alpha value is -2.96. The van der Waals surface area contributed by atoms with E-state index in [-0.39, 0.29) is 11.5 Å². The molecule has 0 saturated carbocycles. The van der Waals surface area contributed by atoms with E-state index in [1.54, 1.807) is 18.2 Å². The first kappa shape index (κ1) is 13.0. The number of rotatable bonds is 3. The Kier molecular flexibility index (Phi) is 3.23. The van der Waals surface area contributed by atoms with Crippen molar-refractivity contribution in [1.29, 1.82) is 0 Å². The van der Waals surface area contributed by atoms with Crippen molar-refractivity contribution in [2.24, 2.45) is 0 Å². The van der Waals surface area contributed by atoms with Crippen LogP contribution in [-0.2, 0) is 0 Å². The Bertz CT molecular complexity index is 703. The second-order valence-electron chi connectivity index (χ2n) is 4.42. The Morgan fingerprint density at radius 1 is 1.19 bits per heavy atom. The first-order valence-electron chi connectivity index (χ1n) is 6.30. The molecule has 2 heterocycles. The number of aromatic carboxylic acids is 1. The van der Waals surface area contributed by atoms with Crippen molar-refractivity contribution in [2.75, 3.05) is 24.3 Å². The van der Waals surface area contributed by atoms with Crippen molar-refractivity contribution in [3.63, 3.8) is 0 Å². The van der Waals surface area contributed by atoms with E-state index in [9.17, 15) is 4.79 Å². The number of carbonyl (C=O) groups is 1. The zero-order valence-electron chi connectivity index (χ0n) is 11.0. The average Bonchev–Trinajstić information content (AvgIpc) is 2.49. The van der Waals surface area contributed by atoms with Crippen LogP contribution in [0.25, 0.3) is 0 Å². The summed E-state index contributed by atoms with van der Waals surface area (Å²) in [6.45, 7) is 1.01. The van der Waals surface area contributed by atoms with Gasteiger partial charge in [-0.3, -0.25) is 0 Å². The topological polar surface area (TPSA) is 107 Å². The van der Waals surface area contributed by atoms with Crippen LogP contribution in [0, 0.1) is 0 Å². The quantitative estimate of drug-likeness (QED) is 0.791. The number of carboxylic acid groups (broad SMARTS) is 1. The van der Waals surface area contributed by atoms with Crippen LogP contribution in [-0.4, -0.2) is 29.3 Å². The molecule has 0 radical (unpaired) electrons. The molecule has 0 atom stereocenters. The van der Waals surface area contributed by atoms with Crippen LogP contribution in [0.4, 0.5) is 17.2 Å². The molecule has 1 aliphatic heterocycles. The summed E-state index contributed by atoms with van der Waals surface area (Å²) in [7, 11) is 0. The van der Waals surface area contributed by atoms with Crippen LogP contribution in [0.1, 0.15) is 10.5 Å². The normalized spacial score (nSPS) is 12.8. The third-order valence-corrected chi connectivity index (χ3v) is 2.95. The highest BCUT2D eigenvalue weighted by Crippen LogP contribution is 2.34. The van der Waals surface area contributed by atoms with E-state index in [2.05, 4.69) is 10.3 Å². The molecule has 3 rings (SSSR count). The SMILES string of the molecule is Nc1ccc(C(=O)O)nc1Nc1ccc2c(c1)OCCO2. The number of nitrogens with zero attached hydrogens (tertiary/aromatic N) is 1. The molecule has 0 aliphatic carbocycles. The van der Waals surface area contributed by atoms with Crippen molar-refractivity contribution in [2.45, 2.75) is 0 Å². The van der Waals surface area contributed by atoms with Gasteiger partial charge in [-0.1, -0.05) is 0 Å². The van der Waals surface area contributed by atoms with E-state index >= 15 is 0 Å². The number of nitrogens with two attached hydrogens (primary N) is 1. The monoisotopic (exact) mass is 287 g/mol. The Morgan fingerprint density at radius 3 is 2.71 bits per heavy atom. The number of aromatic nitrogens is 1. The molecule has 0 spiro atoms. The highest BCUT2D eigenvalue weighted by atomic mass is 16.6. The Balaban J connectivity index is 1.89. The molecule has 0 unspecified atom stereocenters. The van der Waals surface area contributed by atoms with Gasteiger partial charge in [-0.25, -0.2) is 9.78 Å².